The number of aromatic carboxylic acids is 1. The topological polar surface area (TPSA) is 75.1 Å². The first-order valence-corrected chi connectivity index (χ1v) is 6.04. The minimum absolute atomic E-state index is 0.159. The fraction of sp³-hybridized carbons (Fsp3) is 0. The van der Waals surface area contributed by atoms with Crippen LogP contribution in [-0.4, -0.2) is 21.0 Å². The molecule has 0 bridgehead atoms. The van der Waals surface area contributed by atoms with Crippen LogP contribution in [0.1, 0.15) is 10.4 Å². The Morgan fingerprint density at radius 1 is 1.05 bits per heavy atom. The highest BCUT2D eigenvalue weighted by Gasteiger charge is 2.05. The van der Waals surface area contributed by atoms with Gasteiger partial charge in [0.25, 0.3) is 0 Å². The van der Waals surface area contributed by atoms with Crippen molar-refractivity contribution in [2.24, 2.45) is 0 Å². The molecule has 2 N–H and O–H groups in total. The van der Waals surface area contributed by atoms with E-state index in [0.29, 0.717) is 5.82 Å². The number of carbonyl (C=O) groups is 1. The molecule has 0 aliphatic rings. The molecule has 0 fully saturated rings. The van der Waals surface area contributed by atoms with E-state index in [2.05, 4.69) is 15.3 Å². The number of carboxylic acids is 1. The summed E-state index contributed by atoms with van der Waals surface area (Å²) in [5.41, 5.74) is 1.84. The number of nitrogens with one attached hydrogen (secondary N) is 1. The van der Waals surface area contributed by atoms with Crippen molar-refractivity contribution in [3.8, 4) is 0 Å². The zero-order chi connectivity index (χ0) is 13.9. The first-order valence-electron chi connectivity index (χ1n) is 6.04. The molecule has 0 atom stereocenters. The Hall–Kier alpha value is -2.95. The van der Waals surface area contributed by atoms with Crippen LogP contribution >= 0.6 is 0 Å². The molecule has 5 heteroatoms. The van der Waals surface area contributed by atoms with Gasteiger partial charge < -0.3 is 10.4 Å². The van der Waals surface area contributed by atoms with E-state index in [1.807, 2.05) is 30.3 Å². The second-order valence-corrected chi connectivity index (χ2v) is 4.24. The lowest BCUT2D eigenvalue weighted by atomic mass is 10.2. The van der Waals surface area contributed by atoms with E-state index in [1.54, 1.807) is 12.3 Å². The molecule has 2 aromatic heterocycles. The molecule has 0 saturated carbocycles. The summed E-state index contributed by atoms with van der Waals surface area (Å²) < 4.78 is 0. The van der Waals surface area contributed by atoms with Crippen molar-refractivity contribution >= 4 is 28.4 Å². The third kappa shape index (κ3) is 2.29. The zero-order valence-corrected chi connectivity index (χ0v) is 10.4. The van der Waals surface area contributed by atoms with Crippen molar-refractivity contribution < 1.29 is 9.90 Å². The van der Waals surface area contributed by atoms with Gasteiger partial charge in [0.2, 0.25) is 0 Å². The first kappa shape index (κ1) is 12.1. The van der Waals surface area contributed by atoms with Gasteiger partial charge in [-0.25, -0.2) is 9.78 Å². The van der Waals surface area contributed by atoms with E-state index < -0.39 is 5.97 Å². The molecule has 3 aromatic rings. The summed E-state index contributed by atoms with van der Waals surface area (Å²) in [4.78, 5) is 19.2. The summed E-state index contributed by atoms with van der Waals surface area (Å²) >= 11 is 0. The molecule has 2 heterocycles. The fourth-order valence-corrected chi connectivity index (χ4v) is 1.94. The van der Waals surface area contributed by atoms with Crippen LogP contribution in [0.25, 0.3) is 10.9 Å². The molecule has 0 radical (unpaired) electrons. The number of benzene rings is 1. The highest BCUT2D eigenvalue weighted by atomic mass is 16.4. The summed E-state index contributed by atoms with van der Waals surface area (Å²) in [6.07, 6.45) is 3.05. The number of fused-ring (bicyclic) bond motifs is 1. The average Bonchev–Trinajstić information content (AvgIpc) is 2.48. The Bertz CT molecular complexity index is 764. The monoisotopic (exact) mass is 265 g/mol. The molecule has 1 aromatic carbocycles. The average molecular weight is 265 g/mol. The Morgan fingerprint density at radius 3 is 2.65 bits per heavy atom. The van der Waals surface area contributed by atoms with Crippen molar-refractivity contribution in [2.45, 2.75) is 0 Å². The van der Waals surface area contributed by atoms with Crippen LogP contribution in [-0.2, 0) is 0 Å². The van der Waals surface area contributed by atoms with Crippen LogP contribution in [0.5, 0.6) is 0 Å². The van der Waals surface area contributed by atoms with Gasteiger partial charge >= 0.3 is 5.97 Å². The van der Waals surface area contributed by atoms with Crippen LogP contribution in [0, 0.1) is 0 Å². The number of pyridine rings is 2. The van der Waals surface area contributed by atoms with Gasteiger partial charge in [-0.05, 0) is 24.3 Å². The number of anilines is 2. The molecule has 0 aliphatic carbocycles. The predicted octanol–water partition coefficient (Wildman–Crippen LogP) is 3.07. The summed E-state index contributed by atoms with van der Waals surface area (Å²) in [6, 6.07) is 12.8. The van der Waals surface area contributed by atoms with E-state index in [4.69, 9.17) is 5.11 Å². The molecule has 0 aliphatic heterocycles. The molecule has 0 spiro atoms. The Labute approximate surface area is 114 Å². The first-order chi connectivity index (χ1) is 9.74. The number of aromatic nitrogens is 2. The summed E-state index contributed by atoms with van der Waals surface area (Å²) in [7, 11) is 0. The highest BCUT2D eigenvalue weighted by molar-refractivity contribution is 5.92. The van der Waals surface area contributed by atoms with Crippen molar-refractivity contribution in [1.29, 1.82) is 0 Å². The molecule has 20 heavy (non-hydrogen) atoms. The standard InChI is InChI=1S/C15H11N3O2/c19-15(20)11-6-7-13(17-9-11)18-12-5-1-3-10-4-2-8-16-14(10)12/h1-9H,(H,17,18)(H,19,20). The van der Waals surface area contributed by atoms with Crippen molar-refractivity contribution in [3.05, 3.63) is 60.4 Å². The molecular weight excluding hydrogens is 254 g/mol. The molecular formula is C15H11N3O2. The third-order valence-corrected chi connectivity index (χ3v) is 2.91. The van der Waals surface area contributed by atoms with Crippen LogP contribution < -0.4 is 5.32 Å². The second kappa shape index (κ2) is 4.97. The molecule has 5 nitrogen and oxygen atoms in total. The van der Waals surface area contributed by atoms with Gasteiger partial charge in [0.05, 0.1) is 16.8 Å². The largest absolute Gasteiger partial charge is 0.478 e. The van der Waals surface area contributed by atoms with E-state index in [-0.39, 0.29) is 5.56 Å². The van der Waals surface area contributed by atoms with Crippen LogP contribution in [0.15, 0.2) is 54.9 Å². The maximum Gasteiger partial charge on any atom is 0.337 e. The van der Waals surface area contributed by atoms with Gasteiger partial charge in [0.15, 0.2) is 0 Å². The van der Waals surface area contributed by atoms with E-state index in [0.717, 1.165) is 16.6 Å². The number of nitrogens with zero attached hydrogens (tertiary/aromatic N) is 2. The second-order valence-electron chi connectivity index (χ2n) is 4.24. The molecule has 98 valence electrons. The van der Waals surface area contributed by atoms with Crippen molar-refractivity contribution in [3.63, 3.8) is 0 Å². The minimum atomic E-state index is -0.990. The zero-order valence-electron chi connectivity index (χ0n) is 10.4. The van der Waals surface area contributed by atoms with Crippen molar-refractivity contribution in [1.82, 2.24) is 9.97 Å². The third-order valence-electron chi connectivity index (χ3n) is 2.91. The Morgan fingerprint density at radius 2 is 1.90 bits per heavy atom. The number of hydrogen-bond acceptors (Lipinski definition) is 4. The Kier molecular flexibility index (Phi) is 3.01. The molecule has 0 saturated heterocycles. The maximum atomic E-state index is 10.8. The van der Waals surface area contributed by atoms with Crippen LogP contribution in [0.2, 0.25) is 0 Å². The normalized spacial score (nSPS) is 10.4. The van der Waals surface area contributed by atoms with E-state index in [1.165, 1.54) is 12.3 Å². The number of rotatable bonds is 3. The smallest absolute Gasteiger partial charge is 0.337 e. The SMILES string of the molecule is O=C(O)c1ccc(Nc2cccc3cccnc23)nc1. The summed E-state index contributed by atoms with van der Waals surface area (Å²) in [5, 5.41) is 13.0. The Balaban J connectivity index is 1.95. The van der Waals surface area contributed by atoms with Gasteiger partial charge in [0.1, 0.15) is 5.82 Å². The van der Waals surface area contributed by atoms with Gasteiger partial charge in [-0.3, -0.25) is 4.98 Å². The number of carboxylic acid groups (broad SMARTS) is 1. The lowest BCUT2D eigenvalue weighted by molar-refractivity contribution is 0.0696. The molecule has 0 unspecified atom stereocenters. The number of hydrogen-bond donors (Lipinski definition) is 2. The fourth-order valence-electron chi connectivity index (χ4n) is 1.94. The quantitative estimate of drug-likeness (QED) is 0.761. The van der Waals surface area contributed by atoms with E-state index in [9.17, 15) is 4.79 Å². The molecule has 3 rings (SSSR count). The van der Waals surface area contributed by atoms with Gasteiger partial charge in [-0.1, -0.05) is 18.2 Å². The minimum Gasteiger partial charge on any atom is -0.478 e. The predicted molar refractivity (Wildman–Crippen MR) is 76.2 cm³/mol. The summed E-state index contributed by atoms with van der Waals surface area (Å²) in [5.74, 6) is -0.413. The summed E-state index contributed by atoms with van der Waals surface area (Å²) in [6.45, 7) is 0. The van der Waals surface area contributed by atoms with Crippen LogP contribution in [0.4, 0.5) is 11.5 Å². The number of para-hydroxylation sites is 1. The highest BCUT2D eigenvalue weighted by Crippen LogP contribution is 2.23. The van der Waals surface area contributed by atoms with Gasteiger partial charge in [0, 0.05) is 17.8 Å². The molecule has 0 amide bonds. The van der Waals surface area contributed by atoms with Crippen LogP contribution in [0.3, 0.4) is 0 Å². The van der Waals surface area contributed by atoms with Gasteiger partial charge in [-0.15, -0.1) is 0 Å². The lowest BCUT2D eigenvalue weighted by Gasteiger charge is -2.08. The van der Waals surface area contributed by atoms with Crippen molar-refractivity contribution in [2.75, 3.05) is 5.32 Å². The van der Waals surface area contributed by atoms with Gasteiger partial charge in [-0.2, -0.15) is 0 Å². The van der Waals surface area contributed by atoms with E-state index >= 15 is 0 Å². The lowest BCUT2D eigenvalue weighted by Crippen LogP contribution is -1.99. The maximum absolute atomic E-state index is 10.8.